The monoisotopic (exact) mass is 175 g/mol. The molecule has 0 aromatic heterocycles. The molecule has 0 bridgehead atoms. The molecule has 1 amide bonds. The highest BCUT2D eigenvalue weighted by Crippen LogP contribution is 2.09. The van der Waals surface area contributed by atoms with Crippen molar-refractivity contribution >= 4 is 23.6 Å². The highest BCUT2D eigenvalue weighted by Gasteiger charge is 2.22. The zero-order valence-electron chi connectivity index (χ0n) is 5.87. The molecule has 1 rings (SSSR count). The van der Waals surface area contributed by atoms with Gasteiger partial charge in [-0.2, -0.15) is 11.8 Å². The van der Waals surface area contributed by atoms with Crippen molar-refractivity contribution in [3.8, 4) is 0 Å². The summed E-state index contributed by atoms with van der Waals surface area (Å²) in [5.74, 6) is 0.0756. The van der Waals surface area contributed by atoms with Crippen molar-refractivity contribution in [2.45, 2.75) is 12.5 Å². The third-order valence-electron chi connectivity index (χ3n) is 1.39. The van der Waals surface area contributed by atoms with E-state index in [0.29, 0.717) is 12.2 Å². The summed E-state index contributed by atoms with van der Waals surface area (Å²) >= 11 is 1.49. The normalized spacial score (nSPS) is 25.5. The average Bonchev–Trinajstić information content (AvgIpc) is 2.13. The number of thioether (sulfide) groups is 1. The van der Waals surface area contributed by atoms with E-state index in [4.69, 9.17) is 5.11 Å². The van der Waals surface area contributed by atoms with Crippen LogP contribution < -0.4 is 5.32 Å². The molecule has 2 N–H and O–H groups in total. The number of carbonyl (C=O) groups excluding carboxylic acids is 1. The molecular formula is C6H9NO3S. The van der Waals surface area contributed by atoms with E-state index < -0.39 is 12.0 Å². The molecule has 1 atom stereocenters. The Morgan fingerprint density at radius 1 is 1.73 bits per heavy atom. The molecule has 1 saturated heterocycles. The highest BCUT2D eigenvalue weighted by molar-refractivity contribution is 7.99. The molecule has 4 nitrogen and oxygen atoms in total. The summed E-state index contributed by atoms with van der Waals surface area (Å²) in [6.45, 7) is 0. The Bertz CT molecular complexity index is 183. The molecule has 5 heteroatoms. The topological polar surface area (TPSA) is 66.4 Å². The van der Waals surface area contributed by atoms with E-state index >= 15 is 0 Å². The van der Waals surface area contributed by atoms with Crippen LogP contribution in [0.3, 0.4) is 0 Å². The summed E-state index contributed by atoms with van der Waals surface area (Å²) in [4.78, 5) is 21.2. The first kappa shape index (κ1) is 8.39. The largest absolute Gasteiger partial charge is 0.480 e. The van der Waals surface area contributed by atoms with Gasteiger partial charge in [0.25, 0.3) is 0 Å². The standard InChI is InChI=1S/C6H9NO3S/c8-5-1-2-11-3-4(7-5)6(9)10/h4H,1-3H2,(H,7,8)(H,9,10)/t4-/m0/s1. The van der Waals surface area contributed by atoms with E-state index in [2.05, 4.69) is 5.32 Å². The fraction of sp³-hybridized carbons (Fsp3) is 0.667. The van der Waals surface area contributed by atoms with Crippen LogP contribution in [0.5, 0.6) is 0 Å². The summed E-state index contributed by atoms with van der Waals surface area (Å²) in [6, 6.07) is -0.699. The van der Waals surface area contributed by atoms with Crippen LogP contribution >= 0.6 is 11.8 Å². The maximum Gasteiger partial charge on any atom is 0.327 e. The molecular weight excluding hydrogens is 166 g/mol. The van der Waals surface area contributed by atoms with Crippen molar-refractivity contribution in [3.63, 3.8) is 0 Å². The number of hydrogen-bond donors (Lipinski definition) is 2. The van der Waals surface area contributed by atoms with E-state index in [0.717, 1.165) is 5.75 Å². The minimum absolute atomic E-state index is 0.164. The van der Waals surface area contributed by atoms with Crippen LogP contribution in [-0.4, -0.2) is 34.5 Å². The molecule has 0 aromatic rings. The van der Waals surface area contributed by atoms with Gasteiger partial charge in [0, 0.05) is 17.9 Å². The maximum atomic E-state index is 10.8. The lowest BCUT2D eigenvalue weighted by Gasteiger charge is -2.08. The zero-order valence-corrected chi connectivity index (χ0v) is 6.69. The Balaban J connectivity index is 2.52. The lowest BCUT2D eigenvalue weighted by Crippen LogP contribution is -2.40. The lowest BCUT2D eigenvalue weighted by molar-refractivity contribution is -0.140. The number of carboxylic acids is 1. The second-order valence-corrected chi connectivity index (χ2v) is 3.43. The average molecular weight is 175 g/mol. The number of carbonyl (C=O) groups is 2. The molecule has 62 valence electrons. The Kier molecular flexibility index (Phi) is 2.76. The molecule has 0 aromatic carbocycles. The van der Waals surface area contributed by atoms with Crippen LogP contribution in [0.4, 0.5) is 0 Å². The predicted octanol–water partition coefficient (Wildman–Crippen LogP) is -0.307. The number of nitrogens with one attached hydrogen (secondary N) is 1. The molecule has 0 saturated carbocycles. The van der Waals surface area contributed by atoms with Crippen molar-refractivity contribution in [2.75, 3.05) is 11.5 Å². The molecule has 1 fully saturated rings. The predicted molar refractivity (Wildman–Crippen MR) is 41.5 cm³/mol. The fourth-order valence-corrected chi connectivity index (χ4v) is 1.77. The first-order valence-electron chi connectivity index (χ1n) is 3.30. The Labute approximate surface area is 68.3 Å². The van der Waals surface area contributed by atoms with E-state index in [1.165, 1.54) is 11.8 Å². The Morgan fingerprint density at radius 2 is 2.45 bits per heavy atom. The van der Waals surface area contributed by atoms with Gasteiger partial charge in [-0.1, -0.05) is 0 Å². The van der Waals surface area contributed by atoms with Crippen molar-refractivity contribution < 1.29 is 14.7 Å². The fourth-order valence-electron chi connectivity index (χ4n) is 0.807. The lowest BCUT2D eigenvalue weighted by atomic mass is 10.3. The van der Waals surface area contributed by atoms with E-state index in [-0.39, 0.29) is 5.91 Å². The second-order valence-electron chi connectivity index (χ2n) is 2.28. The zero-order chi connectivity index (χ0) is 8.27. The van der Waals surface area contributed by atoms with Crippen LogP contribution in [0.25, 0.3) is 0 Å². The van der Waals surface area contributed by atoms with Gasteiger partial charge in [0.15, 0.2) is 0 Å². The summed E-state index contributed by atoms with van der Waals surface area (Å²) in [5, 5.41) is 11.0. The molecule has 0 spiro atoms. The number of carboxylic acid groups (broad SMARTS) is 1. The van der Waals surface area contributed by atoms with Gasteiger partial charge in [0.2, 0.25) is 5.91 Å². The van der Waals surface area contributed by atoms with Gasteiger partial charge in [-0.05, 0) is 0 Å². The second kappa shape index (κ2) is 3.61. The number of rotatable bonds is 1. The Hall–Kier alpha value is -0.710. The molecule has 0 unspecified atom stereocenters. The third kappa shape index (κ3) is 2.42. The summed E-state index contributed by atoms with van der Waals surface area (Å²) in [7, 11) is 0. The van der Waals surface area contributed by atoms with Gasteiger partial charge in [0.1, 0.15) is 6.04 Å². The number of aliphatic carboxylic acids is 1. The minimum Gasteiger partial charge on any atom is -0.480 e. The van der Waals surface area contributed by atoms with Gasteiger partial charge in [-0.15, -0.1) is 0 Å². The van der Waals surface area contributed by atoms with Crippen molar-refractivity contribution in [1.82, 2.24) is 5.32 Å². The smallest absolute Gasteiger partial charge is 0.327 e. The first-order valence-corrected chi connectivity index (χ1v) is 4.45. The minimum atomic E-state index is -0.951. The summed E-state index contributed by atoms with van der Waals surface area (Å²) < 4.78 is 0. The van der Waals surface area contributed by atoms with Crippen LogP contribution in [-0.2, 0) is 9.59 Å². The number of amides is 1. The Morgan fingerprint density at radius 3 is 3.09 bits per heavy atom. The maximum absolute atomic E-state index is 10.8. The molecule has 0 radical (unpaired) electrons. The highest BCUT2D eigenvalue weighted by atomic mass is 32.2. The summed E-state index contributed by atoms with van der Waals surface area (Å²) in [5.41, 5.74) is 0. The van der Waals surface area contributed by atoms with Gasteiger partial charge in [0.05, 0.1) is 0 Å². The van der Waals surface area contributed by atoms with E-state index in [9.17, 15) is 9.59 Å². The van der Waals surface area contributed by atoms with Gasteiger partial charge in [-0.3, -0.25) is 4.79 Å². The van der Waals surface area contributed by atoms with Crippen molar-refractivity contribution in [2.24, 2.45) is 0 Å². The number of hydrogen-bond acceptors (Lipinski definition) is 3. The SMILES string of the molecule is O=C1CCSC[C@@H](C(=O)O)N1. The third-order valence-corrected chi connectivity index (χ3v) is 2.45. The quantitative estimate of drug-likeness (QED) is 0.574. The molecule has 1 aliphatic rings. The van der Waals surface area contributed by atoms with Crippen LogP contribution in [0.15, 0.2) is 0 Å². The van der Waals surface area contributed by atoms with Crippen LogP contribution in [0.2, 0.25) is 0 Å². The molecule has 11 heavy (non-hydrogen) atoms. The van der Waals surface area contributed by atoms with Crippen molar-refractivity contribution in [1.29, 1.82) is 0 Å². The van der Waals surface area contributed by atoms with Crippen LogP contribution in [0, 0.1) is 0 Å². The van der Waals surface area contributed by atoms with E-state index in [1.807, 2.05) is 0 Å². The summed E-state index contributed by atoms with van der Waals surface area (Å²) in [6.07, 6.45) is 0.425. The molecule has 1 aliphatic heterocycles. The van der Waals surface area contributed by atoms with Gasteiger partial charge in [-0.25, -0.2) is 4.79 Å². The van der Waals surface area contributed by atoms with E-state index in [1.54, 1.807) is 0 Å². The molecule has 1 heterocycles. The molecule has 0 aliphatic carbocycles. The van der Waals surface area contributed by atoms with Crippen LogP contribution in [0.1, 0.15) is 6.42 Å². The van der Waals surface area contributed by atoms with Gasteiger partial charge >= 0.3 is 5.97 Å². The van der Waals surface area contributed by atoms with Crippen molar-refractivity contribution in [3.05, 3.63) is 0 Å². The first-order chi connectivity index (χ1) is 5.20. The van der Waals surface area contributed by atoms with Gasteiger partial charge < -0.3 is 10.4 Å².